The highest BCUT2D eigenvalue weighted by Gasteiger charge is 2.29. The molecule has 3 heteroatoms. The lowest BCUT2D eigenvalue weighted by atomic mass is 9.91. The zero-order valence-corrected chi connectivity index (χ0v) is 9.69. The molecular weight excluding hydrogens is 186 g/mol. The lowest BCUT2D eigenvalue weighted by Crippen LogP contribution is -2.25. The molecule has 0 spiro atoms. The molecule has 3 atom stereocenters. The molecule has 0 bridgehead atoms. The Morgan fingerprint density at radius 2 is 2.33 bits per heavy atom. The lowest BCUT2D eigenvalue weighted by molar-refractivity contribution is 0.367. The van der Waals surface area contributed by atoms with E-state index >= 15 is 0 Å². The summed E-state index contributed by atoms with van der Waals surface area (Å²) in [5.74, 6) is 1.51. The molecule has 1 aromatic rings. The molecule has 3 unspecified atom stereocenters. The third-order valence-electron chi connectivity index (χ3n) is 3.98. The zero-order chi connectivity index (χ0) is 10.8. The SMILES string of the molecule is CC1C(N)CCC1CCc1ccnn1C. The van der Waals surface area contributed by atoms with Crippen molar-refractivity contribution < 1.29 is 0 Å². The van der Waals surface area contributed by atoms with Crippen molar-refractivity contribution >= 4 is 0 Å². The predicted octanol–water partition coefficient (Wildman–Crippen LogP) is 1.73. The average Bonchev–Trinajstić information content (AvgIpc) is 2.74. The van der Waals surface area contributed by atoms with Crippen LogP contribution in [0.1, 0.15) is 31.9 Å². The van der Waals surface area contributed by atoms with E-state index in [2.05, 4.69) is 18.1 Å². The topological polar surface area (TPSA) is 43.8 Å². The van der Waals surface area contributed by atoms with Crippen molar-refractivity contribution in [2.75, 3.05) is 0 Å². The molecule has 84 valence electrons. The van der Waals surface area contributed by atoms with E-state index in [0.717, 1.165) is 12.3 Å². The monoisotopic (exact) mass is 207 g/mol. The van der Waals surface area contributed by atoms with Crippen LogP contribution in [-0.4, -0.2) is 15.8 Å². The highest BCUT2D eigenvalue weighted by atomic mass is 15.2. The van der Waals surface area contributed by atoms with Gasteiger partial charge in [-0.25, -0.2) is 0 Å². The van der Waals surface area contributed by atoms with Crippen molar-refractivity contribution in [2.24, 2.45) is 24.6 Å². The minimum absolute atomic E-state index is 0.432. The Hall–Kier alpha value is -0.830. The number of rotatable bonds is 3. The first-order valence-electron chi connectivity index (χ1n) is 5.91. The van der Waals surface area contributed by atoms with Gasteiger partial charge in [0.05, 0.1) is 0 Å². The fourth-order valence-corrected chi connectivity index (χ4v) is 2.67. The predicted molar refractivity (Wildman–Crippen MR) is 61.4 cm³/mol. The second-order valence-electron chi connectivity index (χ2n) is 4.85. The zero-order valence-electron chi connectivity index (χ0n) is 9.69. The van der Waals surface area contributed by atoms with E-state index in [1.807, 2.05) is 17.9 Å². The fourth-order valence-electron chi connectivity index (χ4n) is 2.67. The molecule has 1 aromatic heterocycles. The summed E-state index contributed by atoms with van der Waals surface area (Å²) in [4.78, 5) is 0. The molecule has 2 rings (SSSR count). The molecule has 15 heavy (non-hydrogen) atoms. The lowest BCUT2D eigenvalue weighted by Gasteiger charge is -2.17. The third-order valence-corrected chi connectivity index (χ3v) is 3.98. The van der Waals surface area contributed by atoms with Crippen molar-refractivity contribution in [1.29, 1.82) is 0 Å². The molecule has 0 amide bonds. The standard InChI is InChI=1S/C12H21N3/c1-9-10(4-6-12(9)13)3-5-11-7-8-14-15(11)2/h7-10,12H,3-6,13H2,1-2H3. The van der Waals surface area contributed by atoms with Crippen LogP contribution in [0, 0.1) is 11.8 Å². The minimum atomic E-state index is 0.432. The molecule has 0 radical (unpaired) electrons. The van der Waals surface area contributed by atoms with Crippen LogP contribution in [0.4, 0.5) is 0 Å². The summed E-state index contributed by atoms with van der Waals surface area (Å²) in [6, 6.07) is 2.54. The van der Waals surface area contributed by atoms with Crippen molar-refractivity contribution in [3.63, 3.8) is 0 Å². The summed E-state index contributed by atoms with van der Waals surface area (Å²) >= 11 is 0. The van der Waals surface area contributed by atoms with Crippen LogP contribution in [0.15, 0.2) is 12.3 Å². The molecule has 1 saturated carbocycles. The highest BCUT2D eigenvalue weighted by molar-refractivity contribution is 5.00. The second-order valence-corrected chi connectivity index (χ2v) is 4.85. The number of hydrogen-bond acceptors (Lipinski definition) is 2. The summed E-state index contributed by atoms with van der Waals surface area (Å²) in [5.41, 5.74) is 7.37. The van der Waals surface area contributed by atoms with Gasteiger partial charge in [-0.2, -0.15) is 5.10 Å². The molecule has 0 aromatic carbocycles. The van der Waals surface area contributed by atoms with Crippen LogP contribution in [0.2, 0.25) is 0 Å². The first kappa shape index (κ1) is 10.7. The summed E-state index contributed by atoms with van der Waals surface area (Å²) in [7, 11) is 2.01. The normalized spacial score (nSPS) is 31.0. The van der Waals surface area contributed by atoms with Gasteiger partial charge < -0.3 is 5.73 Å². The smallest absolute Gasteiger partial charge is 0.0492 e. The van der Waals surface area contributed by atoms with E-state index in [1.54, 1.807) is 0 Å². The maximum atomic E-state index is 6.03. The van der Waals surface area contributed by atoms with E-state index in [-0.39, 0.29) is 0 Å². The van der Waals surface area contributed by atoms with Crippen LogP contribution in [0.5, 0.6) is 0 Å². The van der Waals surface area contributed by atoms with Crippen LogP contribution in [0.25, 0.3) is 0 Å². The van der Waals surface area contributed by atoms with Crippen LogP contribution < -0.4 is 5.73 Å². The maximum Gasteiger partial charge on any atom is 0.0492 e. The Labute approximate surface area is 91.7 Å². The van der Waals surface area contributed by atoms with Gasteiger partial charge in [0.2, 0.25) is 0 Å². The van der Waals surface area contributed by atoms with Crippen molar-refractivity contribution in [1.82, 2.24) is 9.78 Å². The average molecular weight is 207 g/mol. The molecule has 1 heterocycles. The van der Waals surface area contributed by atoms with Gasteiger partial charge in [0.1, 0.15) is 0 Å². The highest BCUT2D eigenvalue weighted by Crippen LogP contribution is 2.33. The van der Waals surface area contributed by atoms with Crippen LogP contribution in [0.3, 0.4) is 0 Å². The molecule has 2 N–H and O–H groups in total. The Balaban J connectivity index is 1.86. The number of nitrogens with two attached hydrogens (primary N) is 1. The van der Waals surface area contributed by atoms with E-state index < -0.39 is 0 Å². The maximum absolute atomic E-state index is 6.03. The molecule has 0 aliphatic heterocycles. The van der Waals surface area contributed by atoms with E-state index in [1.165, 1.54) is 25.0 Å². The van der Waals surface area contributed by atoms with E-state index in [0.29, 0.717) is 12.0 Å². The quantitative estimate of drug-likeness (QED) is 0.820. The van der Waals surface area contributed by atoms with Crippen molar-refractivity contribution in [2.45, 2.75) is 38.6 Å². The fraction of sp³-hybridized carbons (Fsp3) is 0.750. The Morgan fingerprint density at radius 3 is 2.87 bits per heavy atom. The molecule has 1 aliphatic carbocycles. The molecule has 1 aliphatic rings. The Morgan fingerprint density at radius 1 is 1.53 bits per heavy atom. The number of hydrogen-bond donors (Lipinski definition) is 1. The van der Waals surface area contributed by atoms with Crippen LogP contribution in [-0.2, 0) is 13.5 Å². The van der Waals surface area contributed by atoms with Gasteiger partial charge in [0.15, 0.2) is 0 Å². The van der Waals surface area contributed by atoms with Gasteiger partial charge in [0, 0.05) is 25.0 Å². The van der Waals surface area contributed by atoms with Crippen LogP contribution >= 0.6 is 0 Å². The van der Waals surface area contributed by atoms with Gasteiger partial charge in [-0.05, 0) is 43.6 Å². The summed E-state index contributed by atoms with van der Waals surface area (Å²) in [6.07, 6.45) is 6.78. The van der Waals surface area contributed by atoms with E-state index in [4.69, 9.17) is 5.73 Å². The van der Waals surface area contributed by atoms with Crippen molar-refractivity contribution in [3.05, 3.63) is 18.0 Å². The number of nitrogens with zero attached hydrogens (tertiary/aromatic N) is 2. The first-order valence-corrected chi connectivity index (χ1v) is 5.91. The molecule has 3 nitrogen and oxygen atoms in total. The van der Waals surface area contributed by atoms with Crippen molar-refractivity contribution in [3.8, 4) is 0 Å². The van der Waals surface area contributed by atoms with Gasteiger partial charge in [-0.15, -0.1) is 0 Å². The third kappa shape index (κ3) is 2.23. The Bertz CT molecular complexity index is 318. The summed E-state index contributed by atoms with van der Waals surface area (Å²) in [6.45, 7) is 2.30. The number of aromatic nitrogens is 2. The van der Waals surface area contributed by atoms with Gasteiger partial charge in [0.25, 0.3) is 0 Å². The number of aryl methyl sites for hydroxylation is 2. The van der Waals surface area contributed by atoms with Gasteiger partial charge in [-0.3, -0.25) is 4.68 Å². The molecular formula is C12H21N3. The second kappa shape index (κ2) is 4.35. The van der Waals surface area contributed by atoms with Gasteiger partial charge >= 0.3 is 0 Å². The Kier molecular flexibility index (Phi) is 3.10. The minimum Gasteiger partial charge on any atom is -0.327 e. The first-order chi connectivity index (χ1) is 7.18. The molecule has 1 fully saturated rings. The van der Waals surface area contributed by atoms with Gasteiger partial charge in [-0.1, -0.05) is 6.92 Å². The summed E-state index contributed by atoms with van der Waals surface area (Å²) < 4.78 is 1.97. The largest absolute Gasteiger partial charge is 0.327 e. The summed E-state index contributed by atoms with van der Waals surface area (Å²) in [5, 5.41) is 4.19. The molecule has 0 saturated heterocycles. The van der Waals surface area contributed by atoms with E-state index in [9.17, 15) is 0 Å².